The number of hydrogen-bond acceptors (Lipinski definition) is 5. The van der Waals surface area contributed by atoms with Crippen LogP contribution in [-0.4, -0.2) is 20.1 Å². The summed E-state index contributed by atoms with van der Waals surface area (Å²) in [4.78, 5) is 14.7. The molecule has 2 aromatic carbocycles. The van der Waals surface area contributed by atoms with Crippen molar-refractivity contribution in [3.63, 3.8) is 0 Å². The number of non-ortho nitro benzene ring substituents is 1. The van der Waals surface area contributed by atoms with Crippen LogP contribution in [-0.2, 0) is 6.54 Å². The predicted octanol–water partition coefficient (Wildman–Crippen LogP) is 3.65. The molecule has 0 amide bonds. The van der Waals surface area contributed by atoms with Crippen LogP contribution in [0.1, 0.15) is 5.82 Å². The van der Waals surface area contributed by atoms with Gasteiger partial charge in [-0.3, -0.25) is 15.2 Å². The number of H-pyrrole nitrogens is 1. The molecule has 0 spiro atoms. The smallest absolute Gasteiger partial charge is 0.270 e. The zero-order valence-electron chi connectivity index (χ0n) is 11.9. The van der Waals surface area contributed by atoms with Crippen molar-refractivity contribution in [2.24, 2.45) is 0 Å². The van der Waals surface area contributed by atoms with E-state index in [4.69, 9.17) is 11.6 Å². The lowest BCUT2D eigenvalue weighted by molar-refractivity contribution is -0.384. The minimum Gasteiger partial charge on any atom is -0.378 e. The van der Waals surface area contributed by atoms with Gasteiger partial charge in [-0.05, 0) is 24.3 Å². The number of nitro benzene ring substituents is 1. The monoisotopic (exact) mass is 329 g/mol. The summed E-state index contributed by atoms with van der Waals surface area (Å²) >= 11 is 5.83. The first kappa shape index (κ1) is 15.0. The SMILES string of the molecule is O=[N+]([O-])c1cccc(-c2n[nH]c(CNc3ccc(Cl)cc3)n2)c1. The molecule has 3 rings (SSSR count). The molecule has 0 saturated heterocycles. The molecule has 0 aliphatic carbocycles. The summed E-state index contributed by atoms with van der Waals surface area (Å²) in [6.07, 6.45) is 0. The summed E-state index contributed by atoms with van der Waals surface area (Å²) in [6, 6.07) is 13.5. The van der Waals surface area contributed by atoms with Crippen LogP contribution in [0.4, 0.5) is 11.4 Å². The van der Waals surface area contributed by atoms with Crippen LogP contribution >= 0.6 is 11.6 Å². The van der Waals surface area contributed by atoms with Crippen LogP contribution in [0.5, 0.6) is 0 Å². The van der Waals surface area contributed by atoms with Gasteiger partial charge in [-0.15, -0.1) is 0 Å². The summed E-state index contributed by atoms with van der Waals surface area (Å²) in [5.74, 6) is 1.04. The highest BCUT2D eigenvalue weighted by Crippen LogP contribution is 2.21. The van der Waals surface area contributed by atoms with Crippen LogP contribution < -0.4 is 5.32 Å². The van der Waals surface area contributed by atoms with Gasteiger partial charge in [0.25, 0.3) is 5.69 Å². The first-order valence-electron chi connectivity index (χ1n) is 6.77. The van der Waals surface area contributed by atoms with Crippen LogP contribution in [0.3, 0.4) is 0 Å². The Morgan fingerprint density at radius 2 is 2.00 bits per heavy atom. The van der Waals surface area contributed by atoms with Crippen molar-refractivity contribution in [2.45, 2.75) is 6.54 Å². The van der Waals surface area contributed by atoms with Crippen molar-refractivity contribution >= 4 is 23.0 Å². The van der Waals surface area contributed by atoms with Gasteiger partial charge < -0.3 is 5.32 Å². The number of hydrogen-bond donors (Lipinski definition) is 2. The molecule has 0 saturated carbocycles. The van der Waals surface area contributed by atoms with E-state index in [1.807, 2.05) is 12.1 Å². The summed E-state index contributed by atoms with van der Waals surface area (Å²) in [6.45, 7) is 0.448. The van der Waals surface area contributed by atoms with E-state index in [0.29, 0.717) is 28.8 Å². The zero-order valence-corrected chi connectivity index (χ0v) is 12.6. The van der Waals surface area contributed by atoms with E-state index in [1.165, 1.54) is 12.1 Å². The van der Waals surface area contributed by atoms with Crippen molar-refractivity contribution in [3.05, 3.63) is 69.5 Å². The Labute approximate surface area is 136 Å². The van der Waals surface area contributed by atoms with Crippen molar-refractivity contribution in [1.29, 1.82) is 0 Å². The quantitative estimate of drug-likeness (QED) is 0.550. The molecule has 8 heteroatoms. The van der Waals surface area contributed by atoms with E-state index in [1.54, 1.807) is 24.3 Å². The summed E-state index contributed by atoms with van der Waals surface area (Å²) in [7, 11) is 0. The van der Waals surface area contributed by atoms with Crippen LogP contribution in [0, 0.1) is 10.1 Å². The average Bonchev–Trinajstić information content (AvgIpc) is 3.03. The summed E-state index contributed by atoms with van der Waals surface area (Å²) in [5.41, 5.74) is 1.50. The molecule has 0 unspecified atom stereocenters. The molecule has 7 nitrogen and oxygen atoms in total. The van der Waals surface area contributed by atoms with E-state index in [-0.39, 0.29) is 5.69 Å². The molecular weight excluding hydrogens is 318 g/mol. The zero-order chi connectivity index (χ0) is 16.2. The third-order valence-corrected chi connectivity index (χ3v) is 3.40. The average molecular weight is 330 g/mol. The van der Waals surface area contributed by atoms with E-state index in [2.05, 4.69) is 20.5 Å². The second-order valence-corrected chi connectivity index (χ2v) is 5.21. The Balaban J connectivity index is 1.71. The van der Waals surface area contributed by atoms with Gasteiger partial charge in [-0.1, -0.05) is 23.7 Å². The van der Waals surface area contributed by atoms with Crippen molar-refractivity contribution in [1.82, 2.24) is 15.2 Å². The molecule has 0 aliphatic rings. The van der Waals surface area contributed by atoms with Gasteiger partial charge in [0.1, 0.15) is 5.82 Å². The number of halogens is 1. The largest absolute Gasteiger partial charge is 0.378 e. The van der Waals surface area contributed by atoms with Crippen molar-refractivity contribution in [2.75, 3.05) is 5.32 Å². The van der Waals surface area contributed by atoms with Crippen molar-refractivity contribution in [3.8, 4) is 11.4 Å². The third-order valence-electron chi connectivity index (χ3n) is 3.15. The molecule has 1 heterocycles. The maximum absolute atomic E-state index is 10.8. The minimum atomic E-state index is -0.445. The number of aromatic nitrogens is 3. The molecule has 0 aliphatic heterocycles. The van der Waals surface area contributed by atoms with E-state index >= 15 is 0 Å². The number of benzene rings is 2. The fourth-order valence-corrected chi connectivity index (χ4v) is 2.14. The normalized spacial score (nSPS) is 10.5. The Morgan fingerprint density at radius 1 is 1.22 bits per heavy atom. The highest BCUT2D eigenvalue weighted by Gasteiger charge is 2.10. The second-order valence-electron chi connectivity index (χ2n) is 4.77. The van der Waals surface area contributed by atoms with Gasteiger partial charge >= 0.3 is 0 Å². The summed E-state index contributed by atoms with van der Waals surface area (Å²) < 4.78 is 0. The molecule has 0 fully saturated rings. The van der Waals surface area contributed by atoms with Gasteiger partial charge in [0.15, 0.2) is 5.82 Å². The molecule has 2 N–H and O–H groups in total. The molecule has 1 aromatic heterocycles. The number of nitrogens with zero attached hydrogens (tertiary/aromatic N) is 3. The lowest BCUT2D eigenvalue weighted by Gasteiger charge is -2.03. The molecule has 0 bridgehead atoms. The number of aromatic amines is 1. The Kier molecular flexibility index (Phi) is 4.20. The standard InChI is InChI=1S/C15H12ClN5O2/c16-11-4-6-12(7-5-11)17-9-14-18-15(20-19-14)10-2-1-3-13(8-10)21(22)23/h1-8,17H,9H2,(H,18,19,20). The van der Waals surface area contributed by atoms with Gasteiger partial charge in [-0.25, -0.2) is 4.98 Å². The summed E-state index contributed by atoms with van der Waals surface area (Å²) in [5, 5.41) is 21.6. The highest BCUT2D eigenvalue weighted by atomic mass is 35.5. The van der Waals surface area contributed by atoms with Gasteiger partial charge in [-0.2, -0.15) is 5.10 Å². The van der Waals surface area contributed by atoms with Gasteiger partial charge in [0.05, 0.1) is 11.5 Å². The number of anilines is 1. The van der Waals surface area contributed by atoms with E-state index < -0.39 is 4.92 Å². The predicted molar refractivity (Wildman–Crippen MR) is 87.3 cm³/mol. The number of rotatable bonds is 5. The Morgan fingerprint density at radius 3 is 2.74 bits per heavy atom. The Hall–Kier alpha value is -2.93. The van der Waals surface area contributed by atoms with Gasteiger partial charge in [0.2, 0.25) is 0 Å². The molecule has 116 valence electrons. The van der Waals surface area contributed by atoms with E-state index in [0.717, 1.165) is 5.69 Å². The fourth-order valence-electron chi connectivity index (χ4n) is 2.02. The first-order chi connectivity index (χ1) is 11.1. The maximum Gasteiger partial charge on any atom is 0.270 e. The van der Waals surface area contributed by atoms with Crippen LogP contribution in [0.2, 0.25) is 5.02 Å². The minimum absolute atomic E-state index is 0.00754. The lowest BCUT2D eigenvalue weighted by atomic mass is 10.2. The van der Waals surface area contributed by atoms with Crippen molar-refractivity contribution < 1.29 is 4.92 Å². The molecule has 3 aromatic rings. The molecule has 0 radical (unpaired) electrons. The van der Waals surface area contributed by atoms with Gasteiger partial charge in [0, 0.05) is 28.4 Å². The van der Waals surface area contributed by atoms with E-state index in [9.17, 15) is 10.1 Å². The Bertz CT molecular complexity index is 832. The first-order valence-corrected chi connectivity index (χ1v) is 7.15. The third kappa shape index (κ3) is 3.64. The second kappa shape index (κ2) is 6.45. The number of nitro groups is 1. The molecular formula is C15H12ClN5O2. The lowest BCUT2D eigenvalue weighted by Crippen LogP contribution is -2.01. The molecule has 0 atom stereocenters. The van der Waals surface area contributed by atoms with Crippen LogP contribution in [0.15, 0.2) is 48.5 Å². The maximum atomic E-state index is 10.8. The highest BCUT2D eigenvalue weighted by molar-refractivity contribution is 6.30. The number of nitrogens with one attached hydrogen (secondary N) is 2. The fraction of sp³-hybridized carbons (Fsp3) is 0.0667. The molecule has 23 heavy (non-hydrogen) atoms. The topological polar surface area (TPSA) is 96.7 Å². The van der Waals surface area contributed by atoms with Crippen LogP contribution in [0.25, 0.3) is 11.4 Å².